The fourth-order valence-electron chi connectivity index (χ4n) is 4.53. The van der Waals surface area contributed by atoms with Crippen LogP contribution in [0.5, 0.6) is 0 Å². The third-order valence-electron chi connectivity index (χ3n) is 6.49. The molecule has 15 atom stereocenters. The lowest BCUT2D eigenvalue weighted by Gasteiger charge is -2.48. The van der Waals surface area contributed by atoms with Crippen LogP contribution in [-0.4, -0.2) is 169 Å². The molecule has 0 aromatic carbocycles. The van der Waals surface area contributed by atoms with Crippen molar-refractivity contribution in [3.63, 3.8) is 0 Å². The standard InChI is InChI=1S/C21H38O16/c1-6(2)32-16-8(4-23)34-20(14(29)11(16)26)37-18-9(5-24)35-21(15(30)12(18)27)36-17-7(3-22)33-19(31)13(28)10(17)25/h6-31H,3-5H2,1-2H3/t7?,8?,9?,10-,11-,12-,13?,14?,15?,16+,17+,18+,19-,20+,21+/m0/s1. The Kier molecular flexibility index (Phi) is 11.0. The van der Waals surface area contributed by atoms with Crippen molar-refractivity contribution in [2.75, 3.05) is 19.8 Å². The van der Waals surface area contributed by atoms with Crippen LogP contribution in [0.2, 0.25) is 0 Å². The van der Waals surface area contributed by atoms with Gasteiger partial charge in [-0.1, -0.05) is 0 Å². The SMILES string of the molecule is CC(C)O[C@@H]1C(CO)O[C@H](O[C@@H]2C(CO)O[C@H](O[C@@H]3C(CO)O[C@H](O)C(O)[C@@H]3O)C(O)[C@@H]2O)C(O)[C@@H]1O. The molecule has 16 nitrogen and oxygen atoms in total. The zero-order valence-electron chi connectivity index (χ0n) is 20.3. The van der Waals surface area contributed by atoms with Crippen LogP contribution in [0.3, 0.4) is 0 Å². The Labute approximate surface area is 212 Å². The van der Waals surface area contributed by atoms with Gasteiger partial charge in [-0.3, -0.25) is 0 Å². The van der Waals surface area contributed by atoms with Gasteiger partial charge in [0, 0.05) is 0 Å². The van der Waals surface area contributed by atoms with Crippen LogP contribution in [0, 0.1) is 0 Å². The fourth-order valence-corrected chi connectivity index (χ4v) is 4.53. The molecule has 0 bridgehead atoms. The van der Waals surface area contributed by atoms with Crippen LogP contribution >= 0.6 is 0 Å². The lowest BCUT2D eigenvalue weighted by Crippen LogP contribution is -2.66. The number of rotatable bonds is 9. The highest BCUT2D eigenvalue weighted by Gasteiger charge is 2.53. The maximum Gasteiger partial charge on any atom is 0.187 e. The first-order valence-electron chi connectivity index (χ1n) is 12.0. The van der Waals surface area contributed by atoms with Gasteiger partial charge in [0.1, 0.15) is 73.2 Å². The molecule has 3 saturated heterocycles. The average molecular weight is 547 g/mol. The molecule has 16 heteroatoms. The molecule has 37 heavy (non-hydrogen) atoms. The second-order valence-corrected chi connectivity index (χ2v) is 9.49. The molecule has 3 rings (SSSR count). The van der Waals surface area contributed by atoms with Gasteiger partial charge in [-0.25, -0.2) is 0 Å². The fraction of sp³-hybridized carbons (Fsp3) is 1.00. The quantitative estimate of drug-likeness (QED) is 0.129. The summed E-state index contributed by atoms with van der Waals surface area (Å²) < 4.78 is 32.6. The van der Waals surface area contributed by atoms with E-state index in [0.29, 0.717) is 0 Å². The summed E-state index contributed by atoms with van der Waals surface area (Å²) >= 11 is 0. The third-order valence-corrected chi connectivity index (χ3v) is 6.49. The van der Waals surface area contributed by atoms with Crippen molar-refractivity contribution < 1.29 is 79.5 Å². The van der Waals surface area contributed by atoms with Gasteiger partial charge in [-0.05, 0) is 13.8 Å². The summed E-state index contributed by atoms with van der Waals surface area (Å²) in [7, 11) is 0. The molecular weight excluding hydrogens is 508 g/mol. The summed E-state index contributed by atoms with van der Waals surface area (Å²) in [5.74, 6) is 0. The Hall–Kier alpha value is -0.640. The van der Waals surface area contributed by atoms with Gasteiger partial charge in [0.2, 0.25) is 0 Å². The summed E-state index contributed by atoms with van der Waals surface area (Å²) in [4.78, 5) is 0. The molecule has 0 spiro atoms. The molecule has 3 aliphatic rings. The highest BCUT2D eigenvalue weighted by Crippen LogP contribution is 2.32. The average Bonchev–Trinajstić information content (AvgIpc) is 2.87. The Morgan fingerprint density at radius 2 is 0.919 bits per heavy atom. The van der Waals surface area contributed by atoms with Gasteiger partial charge in [0.25, 0.3) is 0 Å². The predicted molar refractivity (Wildman–Crippen MR) is 115 cm³/mol. The van der Waals surface area contributed by atoms with E-state index in [0.717, 1.165) is 0 Å². The second-order valence-electron chi connectivity index (χ2n) is 9.49. The maximum atomic E-state index is 10.7. The van der Waals surface area contributed by atoms with Crippen LogP contribution in [0.4, 0.5) is 0 Å². The monoisotopic (exact) mass is 546 g/mol. The third kappa shape index (κ3) is 6.58. The Morgan fingerprint density at radius 1 is 0.541 bits per heavy atom. The highest BCUT2D eigenvalue weighted by atomic mass is 16.8. The van der Waals surface area contributed by atoms with Gasteiger partial charge < -0.3 is 79.5 Å². The number of ether oxygens (including phenoxy) is 6. The Balaban J connectivity index is 1.71. The Bertz CT molecular complexity index is 693. The second kappa shape index (κ2) is 13.1. The van der Waals surface area contributed by atoms with E-state index in [1.165, 1.54) is 0 Å². The number of hydrogen-bond donors (Lipinski definition) is 10. The van der Waals surface area contributed by atoms with Crippen molar-refractivity contribution in [1.82, 2.24) is 0 Å². The molecule has 3 aliphatic heterocycles. The lowest BCUT2D eigenvalue weighted by atomic mass is 9.96. The van der Waals surface area contributed by atoms with Gasteiger partial charge in [-0.2, -0.15) is 0 Å². The zero-order chi connectivity index (χ0) is 27.6. The van der Waals surface area contributed by atoms with E-state index in [4.69, 9.17) is 28.4 Å². The molecule has 0 aliphatic carbocycles. The van der Waals surface area contributed by atoms with E-state index < -0.39 is 112 Å². The smallest absolute Gasteiger partial charge is 0.187 e. The number of hydrogen-bond acceptors (Lipinski definition) is 16. The van der Waals surface area contributed by atoms with E-state index in [-0.39, 0.29) is 6.10 Å². The highest BCUT2D eigenvalue weighted by molar-refractivity contribution is 4.96. The minimum Gasteiger partial charge on any atom is -0.394 e. The Morgan fingerprint density at radius 3 is 1.35 bits per heavy atom. The van der Waals surface area contributed by atoms with Crippen LogP contribution < -0.4 is 0 Å². The van der Waals surface area contributed by atoms with Gasteiger partial charge in [0.05, 0.1) is 25.9 Å². The van der Waals surface area contributed by atoms with Gasteiger partial charge >= 0.3 is 0 Å². The molecule has 3 fully saturated rings. The molecule has 0 saturated carbocycles. The first-order chi connectivity index (χ1) is 17.4. The molecule has 0 aromatic rings. The van der Waals surface area contributed by atoms with E-state index >= 15 is 0 Å². The first-order valence-corrected chi connectivity index (χ1v) is 12.0. The minimum absolute atomic E-state index is 0.371. The molecule has 0 radical (unpaired) electrons. The van der Waals surface area contributed by atoms with Crippen molar-refractivity contribution in [3.8, 4) is 0 Å². The summed E-state index contributed by atoms with van der Waals surface area (Å²) in [6.45, 7) is 1.21. The van der Waals surface area contributed by atoms with E-state index in [1.54, 1.807) is 13.8 Å². The molecule has 3 heterocycles. The summed E-state index contributed by atoms with van der Waals surface area (Å²) in [5.41, 5.74) is 0. The number of aliphatic hydroxyl groups is 10. The van der Waals surface area contributed by atoms with E-state index in [1.807, 2.05) is 0 Å². The molecule has 0 aromatic heterocycles. The molecule has 6 unspecified atom stereocenters. The van der Waals surface area contributed by atoms with Crippen LogP contribution in [0.1, 0.15) is 13.8 Å². The van der Waals surface area contributed by atoms with Crippen molar-refractivity contribution in [2.45, 2.75) is 112 Å². The van der Waals surface area contributed by atoms with Crippen molar-refractivity contribution in [2.24, 2.45) is 0 Å². The normalized spacial score (nSPS) is 49.4. The zero-order valence-corrected chi connectivity index (χ0v) is 20.3. The van der Waals surface area contributed by atoms with E-state index in [9.17, 15) is 51.1 Å². The van der Waals surface area contributed by atoms with Crippen molar-refractivity contribution in [3.05, 3.63) is 0 Å². The predicted octanol–water partition coefficient (Wildman–Crippen LogP) is -6.14. The van der Waals surface area contributed by atoms with Gasteiger partial charge in [0.15, 0.2) is 18.9 Å². The molecule has 0 amide bonds. The maximum absolute atomic E-state index is 10.7. The van der Waals surface area contributed by atoms with E-state index in [2.05, 4.69) is 0 Å². The molecular formula is C21H38O16. The van der Waals surface area contributed by atoms with Crippen LogP contribution in [-0.2, 0) is 28.4 Å². The molecule has 10 N–H and O–H groups in total. The lowest BCUT2D eigenvalue weighted by molar-refractivity contribution is -0.379. The first kappa shape index (κ1) is 30.9. The number of aliphatic hydroxyl groups excluding tert-OH is 10. The van der Waals surface area contributed by atoms with Crippen molar-refractivity contribution in [1.29, 1.82) is 0 Å². The van der Waals surface area contributed by atoms with Crippen LogP contribution in [0.15, 0.2) is 0 Å². The van der Waals surface area contributed by atoms with Gasteiger partial charge in [-0.15, -0.1) is 0 Å². The van der Waals surface area contributed by atoms with Crippen molar-refractivity contribution >= 4 is 0 Å². The minimum atomic E-state index is -1.89. The van der Waals surface area contributed by atoms with Crippen LogP contribution in [0.25, 0.3) is 0 Å². The summed E-state index contributed by atoms with van der Waals surface area (Å²) in [5, 5.41) is 101. The summed E-state index contributed by atoms with van der Waals surface area (Å²) in [6, 6.07) is 0. The molecule has 218 valence electrons. The topological polar surface area (TPSA) is 258 Å². The summed E-state index contributed by atoms with van der Waals surface area (Å²) in [6.07, 6.45) is -24.2. The largest absolute Gasteiger partial charge is 0.394 e.